The van der Waals surface area contributed by atoms with Crippen molar-refractivity contribution in [3.63, 3.8) is 0 Å². The predicted octanol–water partition coefficient (Wildman–Crippen LogP) is 12.1. The van der Waals surface area contributed by atoms with Gasteiger partial charge in [0.1, 0.15) is 0 Å². The maximum absolute atomic E-state index is 2.49. The van der Waals surface area contributed by atoms with Gasteiger partial charge in [0, 0.05) is 0 Å². The minimum atomic E-state index is 0.836. The van der Waals surface area contributed by atoms with E-state index >= 15 is 0 Å². The zero-order valence-electron chi connectivity index (χ0n) is 25.0. The second kappa shape index (κ2) is 16.4. The van der Waals surface area contributed by atoms with Crippen molar-refractivity contribution in [2.24, 2.45) is 29.6 Å². The first-order valence-corrected chi connectivity index (χ1v) is 17.3. The molecule has 0 radical (unpaired) electrons. The maximum atomic E-state index is 2.49. The Morgan fingerprint density at radius 2 is 0.973 bits per heavy atom. The molecule has 3 aliphatic rings. The molecule has 0 bridgehead atoms. The van der Waals surface area contributed by atoms with Crippen LogP contribution >= 0.6 is 0 Å². The molecule has 37 heavy (non-hydrogen) atoms. The van der Waals surface area contributed by atoms with Gasteiger partial charge in [-0.3, -0.25) is 0 Å². The van der Waals surface area contributed by atoms with Crippen LogP contribution in [0, 0.1) is 29.6 Å². The summed E-state index contributed by atoms with van der Waals surface area (Å²) in [6.45, 7) is 4.66. The molecule has 0 aliphatic heterocycles. The van der Waals surface area contributed by atoms with Crippen LogP contribution in [-0.4, -0.2) is 0 Å². The van der Waals surface area contributed by atoms with Crippen molar-refractivity contribution in [3.05, 3.63) is 35.4 Å². The van der Waals surface area contributed by atoms with Gasteiger partial charge in [-0.15, -0.1) is 0 Å². The van der Waals surface area contributed by atoms with Gasteiger partial charge in [0.2, 0.25) is 0 Å². The van der Waals surface area contributed by atoms with Gasteiger partial charge in [0.25, 0.3) is 0 Å². The van der Waals surface area contributed by atoms with Crippen LogP contribution in [0.1, 0.15) is 172 Å². The van der Waals surface area contributed by atoms with E-state index in [0.717, 1.165) is 35.5 Å². The quantitative estimate of drug-likeness (QED) is 0.220. The number of unbranched alkanes of at least 4 members (excludes halogenated alkanes) is 5. The lowest BCUT2D eigenvalue weighted by molar-refractivity contribution is 0.140. The molecule has 3 aliphatic carbocycles. The lowest BCUT2D eigenvalue weighted by Gasteiger charge is -2.38. The first-order chi connectivity index (χ1) is 18.2. The molecule has 0 heterocycles. The second-order valence-electron chi connectivity index (χ2n) is 13.9. The molecule has 0 unspecified atom stereocenters. The Hall–Kier alpha value is -0.780. The highest BCUT2D eigenvalue weighted by Crippen LogP contribution is 2.43. The van der Waals surface area contributed by atoms with Crippen molar-refractivity contribution in [1.29, 1.82) is 0 Å². The Morgan fingerprint density at radius 3 is 1.54 bits per heavy atom. The average Bonchev–Trinajstić information content (AvgIpc) is 2.96. The zero-order valence-corrected chi connectivity index (χ0v) is 25.0. The highest BCUT2D eigenvalue weighted by atomic mass is 14.4. The zero-order chi connectivity index (χ0) is 25.7. The van der Waals surface area contributed by atoms with Crippen LogP contribution in [0.15, 0.2) is 24.3 Å². The third kappa shape index (κ3) is 9.72. The first-order valence-electron chi connectivity index (χ1n) is 17.3. The molecule has 0 amide bonds. The highest BCUT2D eigenvalue weighted by Gasteiger charge is 2.30. The monoisotopic (exact) mass is 506 g/mol. The molecule has 0 nitrogen and oxygen atoms in total. The molecule has 3 saturated carbocycles. The molecule has 4 rings (SSSR count). The van der Waals surface area contributed by atoms with E-state index in [9.17, 15) is 0 Å². The largest absolute Gasteiger partial charge is 0.0654 e. The molecule has 210 valence electrons. The average molecular weight is 507 g/mol. The highest BCUT2D eigenvalue weighted by molar-refractivity contribution is 5.26. The molecular formula is C37H62. The van der Waals surface area contributed by atoms with Crippen molar-refractivity contribution in [1.82, 2.24) is 0 Å². The van der Waals surface area contributed by atoms with Crippen LogP contribution in [0.5, 0.6) is 0 Å². The van der Waals surface area contributed by atoms with Crippen LogP contribution in [0.2, 0.25) is 0 Å². The summed E-state index contributed by atoms with van der Waals surface area (Å²) in [5, 5.41) is 0. The Kier molecular flexibility index (Phi) is 12.9. The van der Waals surface area contributed by atoms with E-state index in [1.165, 1.54) is 122 Å². The molecule has 0 N–H and O–H groups in total. The van der Waals surface area contributed by atoms with E-state index in [1.807, 2.05) is 0 Å². The molecule has 0 aromatic heterocycles. The molecule has 1 aromatic rings. The van der Waals surface area contributed by atoms with Crippen molar-refractivity contribution < 1.29 is 0 Å². The predicted molar refractivity (Wildman–Crippen MR) is 163 cm³/mol. The Morgan fingerprint density at radius 1 is 0.486 bits per heavy atom. The number of hydrogen-bond donors (Lipinski definition) is 0. The van der Waals surface area contributed by atoms with Crippen molar-refractivity contribution in [2.75, 3.05) is 0 Å². The standard InChI is InChI=1S/C37H62/c1-3-5-7-8-9-11-31-16-24-35(25-17-31)37-28-20-33(21-29-37)13-12-32-18-26-36(27-19-32)34-22-14-30(15-23-34)10-6-4-2/h18-19,26-27,30-31,33-35,37H,3-17,20-25,28-29H2,1-2H3. The summed E-state index contributed by atoms with van der Waals surface area (Å²) >= 11 is 0. The van der Waals surface area contributed by atoms with E-state index in [2.05, 4.69) is 38.1 Å². The molecule has 0 atom stereocenters. The van der Waals surface area contributed by atoms with Crippen LogP contribution in [0.4, 0.5) is 0 Å². The third-order valence-electron chi connectivity index (χ3n) is 11.3. The van der Waals surface area contributed by atoms with Gasteiger partial charge >= 0.3 is 0 Å². The second-order valence-corrected chi connectivity index (χ2v) is 13.9. The third-order valence-corrected chi connectivity index (χ3v) is 11.3. The molecule has 3 fully saturated rings. The Bertz CT molecular complexity index is 692. The Labute approximate surface area is 232 Å². The van der Waals surface area contributed by atoms with Gasteiger partial charge in [-0.2, -0.15) is 0 Å². The van der Waals surface area contributed by atoms with Crippen LogP contribution < -0.4 is 0 Å². The van der Waals surface area contributed by atoms with E-state index in [-0.39, 0.29) is 0 Å². The normalized spacial score (nSPS) is 30.9. The van der Waals surface area contributed by atoms with E-state index in [0.29, 0.717) is 0 Å². The lowest BCUT2D eigenvalue weighted by Crippen LogP contribution is -2.26. The summed E-state index contributed by atoms with van der Waals surface area (Å²) in [7, 11) is 0. The smallest absolute Gasteiger partial charge is 0.0162 e. The number of hydrogen-bond acceptors (Lipinski definition) is 0. The topological polar surface area (TPSA) is 0 Å². The summed E-state index contributed by atoms with van der Waals surface area (Å²) in [5.41, 5.74) is 3.22. The van der Waals surface area contributed by atoms with Gasteiger partial charge in [-0.25, -0.2) is 0 Å². The van der Waals surface area contributed by atoms with Crippen molar-refractivity contribution in [2.45, 2.75) is 167 Å². The number of rotatable bonds is 14. The molecule has 0 spiro atoms. The molecular weight excluding hydrogens is 444 g/mol. The van der Waals surface area contributed by atoms with E-state index in [1.54, 1.807) is 36.8 Å². The van der Waals surface area contributed by atoms with Crippen molar-refractivity contribution >= 4 is 0 Å². The minimum Gasteiger partial charge on any atom is -0.0654 e. The fourth-order valence-electron chi connectivity index (χ4n) is 8.54. The fraction of sp³-hybridized carbons (Fsp3) is 0.838. The van der Waals surface area contributed by atoms with E-state index < -0.39 is 0 Å². The maximum Gasteiger partial charge on any atom is -0.0162 e. The molecule has 0 saturated heterocycles. The summed E-state index contributed by atoms with van der Waals surface area (Å²) < 4.78 is 0. The lowest BCUT2D eigenvalue weighted by atomic mass is 9.68. The van der Waals surface area contributed by atoms with Gasteiger partial charge in [-0.05, 0) is 111 Å². The molecule has 0 heteroatoms. The van der Waals surface area contributed by atoms with Gasteiger partial charge < -0.3 is 0 Å². The van der Waals surface area contributed by atoms with Gasteiger partial charge in [-0.1, -0.05) is 122 Å². The molecule has 1 aromatic carbocycles. The van der Waals surface area contributed by atoms with Gasteiger partial charge in [0.15, 0.2) is 0 Å². The fourth-order valence-corrected chi connectivity index (χ4v) is 8.54. The number of benzene rings is 1. The number of aryl methyl sites for hydroxylation is 1. The summed E-state index contributed by atoms with van der Waals surface area (Å²) in [6.07, 6.45) is 33.9. The summed E-state index contributed by atoms with van der Waals surface area (Å²) in [6, 6.07) is 9.94. The van der Waals surface area contributed by atoms with Crippen LogP contribution in [0.25, 0.3) is 0 Å². The Balaban J connectivity index is 1.08. The summed E-state index contributed by atoms with van der Waals surface area (Å²) in [4.78, 5) is 0. The summed E-state index contributed by atoms with van der Waals surface area (Å²) in [5.74, 6) is 6.06. The van der Waals surface area contributed by atoms with E-state index in [4.69, 9.17) is 0 Å². The first kappa shape index (κ1) is 29.2. The minimum absolute atomic E-state index is 0.836. The SMILES string of the molecule is CCCCCCCC1CCC(C2CCC(CCc3ccc(C4CCC(CCCC)CC4)cc3)CC2)CC1. The van der Waals surface area contributed by atoms with Crippen LogP contribution in [-0.2, 0) is 6.42 Å². The van der Waals surface area contributed by atoms with Crippen LogP contribution in [0.3, 0.4) is 0 Å². The van der Waals surface area contributed by atoms with Crippen molar-refractivity contribution in [3.8, 4) is 0 Å². The van der Waals surface area contributed by atoms with Gasteiger partial charge in [0.05, 0.1) is 0 Å².